The van der Waals surface area contributed by atoms with Crippen LogP contribution in [0.5, 0.6) is 0 Å². The molecule has 0 saturated heterocycles. The summed E-state index contributed by atoms with van der Waals surface area (Å²) >= 11 is 0. The van der Waals surface area contributed by atoms with Gasteiger partial charge < -0.3 is 40.6 Å². The molecule has 0 aromatic rings. The van der Waals surface area contributed by atoms with E-state index in [1.165, 1.54) is 0 Å². The van der Waals surface area contributed by atoms with Gasteiger partial charge in [0, 0.05) is 0 Å². The van der Waals surface area contributed by atoms with Crippen LogP contribution in [0.25, 0.3) is 0 Å². The molecule has 0 aliphatic rings. The Labute approximate surface area is 91.0 Å². The number of carbonyl (C=O) groups excluding carboxylic acids is 1. The first-order valence-electron chi connectivity index (χ1n) is 4.10. The maximum atomic E-state index is 10.5. The van der Waals surface area contributed by atoms with Gasteiger partial charge in [-0.1, -0.05) is 0 Å². The minimum atomic E-state index is -2.17. The first kappa shape index (κ1) is 17.8. The number of ketones is 1. The third-order valence-electron chi connectivity index (χ3n) is 1.39. The molecule has 0 fully saturated rings. The molecule has 0 aliphatic heterocycles. The SMILES string of the molecule is O=C(CO)C(O)C(O)C(O)CO.OB(O)O. The molecule has 0 saturated carbocycles. The summed E-state index contributed by atoms with van der Waals surface area (Å²) in [5.74, 6) is -1.00. The molecular formula is C6H15BO9. The van der Waals surface area contributed by atoms with Crippen LogP contribution in [0.2, 0.25) is 0 Å². The molecule has 96 valence electrons. The number of hydrogen-bond donors (Lipinski definition) is 8. The number of aliphatic hydroxyl groups excluding tert-OH is 5. The highest BCUT2D eigenvalue weighted by Crippen LogP contribution is 2.00. The summed E-state index contributed by atoms with van der Waals surface area (Å²) < 4.78 is 0. The Morgan fingerprint density at radius 1 is 1.06 bits per heavy atom. The van der Waals surface area contributed by atoms with Crippen LogP contribution in [0, 0.1) is 0 Å². The molecule has 0 heterocycles. The monoisotopic (exact) mass is 242 g/mol. The lowest BCUT2D eigenvalue weighted by Crippen LogP contribution is -2.44. The van der Waals surface area contributed by atoms with E-state index < -0.39 is 44.6 Å². The fourth-order valence-corrected chi connectivity index (χ4v) is 0.602. The molecule has 0 aliphatic carbocycles. The molecule has 3 unspecified atom stereocenters. The van der Waals surface area contributed by atoms with E-state index >= 15 is 0 Å². The van der Waals surface area contributed by atoms with Crippen molar-refractivity contribution in [1.29, 1.82) is 0 Å². The highest BCUT2D eigenvalue weighted by molar-refractivity contribution is 6.30. The maximum absolute atomic E-state index is 10.5. The summed E-state index contributed by atoms with van der Waals surface area (Å²) in [6.45, 7) is -1.69. The number of rotatable bonds is 5. The van der Waals surface area contributed by atoms with Crippen molar-refractivity contribution >= 4 is 13.1 Å². The Morgan fingerprint density at radius 3 is 1.69 bits per heavy atom. The second-order valence-corrected chi connectivity index (χ2v) is 2.66. The average molecular weight is 242 g/mol. The average Bonchev–Trinajstić information content (AvgIpc) is 2.24. The van der Waals surface area contributed by atoms with Gasteiger partial charge in [0.05, 0.1) is 6.61 Å². The zero-order chi connectivity index (χ0) is 13.3. The first-order valence-corrected chi connectivity index (χ1v) is 4.10. The molecule has 10 heteroatoms. The van der Waals surface area contributed by atoms with Crippen LogP contribution in [0.3, 0.4) is 0 Å². The van der Waals surface area contributed by atoms with Gasteiger partial charge in [0.15, 0.2) is 5.78 Å². The van der Waals surface area contributed by atoms with E-state index in [0.29, 0.717) is 0 Å². The number of hydrogen-bond acceptors (Lipinski definition) is 9. The third-order valence-corrected chi connectivity index (χ3v) is 1.39. The van der Waals surface area contributed by atoms with Crippen molar-refractivity contribution < 1.29 is 45.4 Å². The van der Waals surface area contributed by atoms with Gasteiger partial charge in [-0.2, -0.15) is 0 Å². The largest absolute Gasteiger partial charge is 0.631 e. The minimum Gasteiger partial charge on any atom is -0.402 e. The van der Waals surface area contributed by atoms with Crippen LogP contribution < -0.4 is 0 Å². The second-order valence-electron chi connectivity index (χ2n) is 2.66. The van der Waals surface area contributed by atoms with E-state index in [1.807, 2.05) is 0 Å². The van der Waals surface area contributed by atoms with Crippen LogP contribution in [-0.2, 0) is 4.79 Å². The van der Waals surface area contributed by atoms with E-state index in [2.05, 4.69) is 0 Å². The van der Waals surface area contributed by atoms with Crippen molar-refractivity contribution in [2.45, 2.75) is 18.3 Å². The molecule has 0 amide bonds. The van der Waals surface area contributed by atoms with Crippen LogP contribution in [0.4, 0.5) is 0 Å². The summed E-state index contributed by atoms with van der Waals surface area (Å²) in [6.07, 6.45) is -5.22. The van der Waals surface area contributed by atoms with Gasteiger partial charge >= 0.3 is 7.32 Å². The Morgan fingerprint density at radius 2 is 1.44 bits per heavy atom. The van der Waals surface area contributed by atoms with Crippen LogP contribution in [0.1, 0.15) is 0 Å². The van der Waals surface area contributed by atoms with Crippen molar-refractivity contribution in [2.75, 3.05) is 13.2 Å². The Kier molecular flexibility index (Phi) is 10.7. The normalized spacial score (nSPS) is 15.5. The van der Waals surface area contributed by atoms with Crippen molar-refractivity contribution in [3.8, 4) is 0 Å². The van der Waals surface area contributed by atoms with Gasteiger partial charge in [-0.15, -0.1) is 0 Å². The molecule has 0 spiro atoms. The Balaban J connectivity index is 0. The zero-order valence-electron chi connectivity index (χ0n) is 8.21. The predicted octanol–water partition coefficient (Wildman–Crippen LogP) is -5.43. The molecule has 0 radical (unpaired) electrons. The summed E-state index contributed by atoms with van der Waals surface area (Å²) in [5, 5.41) is 64.6. The van der Waals surface area contributed by atoms with Crippen molar-refractivity contribution in [3.05, 3.63) is 0 Å². The van der Waals surface area contributed by atoms with Gasteiger partial charge in [0.1, 0.15) is 24.9 Å². The number of carbonyl (C=O) groups is 1. The standard InChI is InChI=1S/C6H12O6.BH3O3/c7-1-3(9)5(11)6(12)4(10)2-8;2-1(3)4/h3,5-9,11-12H,1-2H2;2-4H. The topological polar surface area (TPSA) is 179 Å². The van der Waals surface area contributed by atoms with E-state index in [0.717, 1.165) is 0 Å². The molecule has 8 N–H and O–H groups in total. The maximum Gasteiger partial charge on any atom is 0.631 e. The minimum absolute atomic E-state index is 0.767. The lowest BCUT2D eigenvalue weighted by molar-refractivity contribution is -0.142. The third kappa shape index (κ3) is 8.70. The van der Waals surface area contributed by atoms with Crippen molar-refractivity contribution in [2.24, 2.45) is 0 Å². The molecule has 0 bridgehead atoms. The van der Waals surface area contributed by atoms with Crippen molar-refractivity contribution in [1.82, 2.24) is 0 Å². The van der Waals surface area contributed by atoms with Gasteiger partial charge in [-0.25, -0.2) is 0 Å². The smallest absolute Gasteiger partial charge is 0.402 e. The molecule has 9 nitrogen and oxygen atoms in total. The highest BCUT2D eigenvalue weighted by atomic mass is 16.5. The van der Waals surface area contributed by atoms with Gasteiger partial charge in [-0.05, 0) is 0 Å². The molecule has 16 heavy (non-hydrogen) atoms. The number of aliphatic hydroxyl groups is 5. The highest BCUT2D eigenvalue weighted by Gasteiger charge is 2.28. The van der Waals surface area contributed by atoms with Gasteiger partial charge in [0.2, 0.25) is 0 Å². The van der Waals surface area contributed by atoms with Crippen LogP contribution in [-0.4, -0.2) is 85.2 Å². The summed E-state index contributed by atoms with van der Waals surface area (Å²) in [6, 6.07) is 0. The zero-order valence-corrected chi connectivity index (χ0v) is 8.21. The lowest BCUT2D eigenvalue weighted by atomic mass is 10.1. The van der Waals surface area contributed by atoms with E-state index in [9.17, 15) is 4.79 Å². The summed E-state index contributed by atoms with van der Waals surface area (Å²) in [7, 11) is -2.17. The van der Waals surface area contributed by atoms with E-state index in [4.69, 9.17) is 40.6 Å². The second kappa shape index (κ2) is 9.63. The fourth-order valence-electron chi connectivity index (χ4n) is 0.602. The lowest BCUT2D eigenvalue weighted by Gasteiger charge is -2.19. The summed E-state index contributed by atoms with van der Waals surface area (Å²) in [4.78, 5) is 10.5. The fraction of sp³-hybridized carbons (Fsp3) is 0.833. The quantitative estimate of drug-likeness (QED) is 0.218. The van der Waals surface area contributed by atoms with Crippen LogP contribution >= 0.6 is 0 Å². The molecular weight excluding hydrogens is 227 g/mol. The molecule has 0 aromatic heterocycles. The van der Waals surface area contributed by atoms with E-state index in [1.54, 1.807) is 0 Å². The van der Waals surface area contributed by atoms with Gasteiger partial charge in [0.25, 0.3) is 0 Å². The predicted molar refractivity (Wildman–Crippen MR) is 49.6 cm³/mol. The van der Waals surface area contributed by atoms with E-state index in [-0.39, 0.29) is 0 Å². The Hall–Kier alpha value is -0.585. The van der Waals surface area contributed by atoms with Crippen molar-refractivity contribution in [3.63, 3.8) is 0 Å². The first-order chi connectivity index (χ1) is 7.27. The van der Waals surface area contributed by atoms with Gasteiger partial charge in [-0.3, -0.25) is 4.79 Å². The van der Waals surface area contributed by atoms with Crippen LogP contribution in [0.15, 0.2) is 0 Å². The Bertz CT molecular complexity index is 184. The molecule has 0 rings (SSSR count). The number of Topliss-reactive ketones (excluding diaryl/α,β-unsaturated/α-hetero) is 1. The molecule has 3 atom stereocenters. The molecule has 0 aromatic carbocycles. The summed E-state index contributed by atoms with van der Waals surface area (Å²) in [5.41, 5.74) is 0.